The number of carbonyl (C=O) groups excluding carboxylic acids is 1. The van der Waals surface area contributed by atoms with Crippen LogP contribution in [0.15, 0.2) is 34.0 Å². The van der Waals surface area contributed by atoms with Crippen LogP contribution in [-0.4, -0.2) is 41.3 Å². The number of anilines is 3. The Morgan fingerprint density at radius 2 is 1.94 bits per heavy atom. The maximum atomic E-state index is 13.3. The molecule has 1 atom stereocenters. The molecule has 1 aromatic carbocycles. The summed E-state index contributed by atoms with van der Waals surface area (Å²) in [5.41, 5.74) is 1.05. The van der Waals surface area contributed by atoms with Crippen molar-refractivity contribution in [2.75, 3.05) is 16.9 Å². The lowest BCUT2D eigenvalue weighted by Crippen LogP contribution is -2.18. The molecule has 0 aliphatic heterocycles. The Hall–Kier alpha value is -3.28. The summed E-state index contributed by atoms with van der Waals surface area (Å²) in [4.78, 5) is 29.0. The van der Waals surface area contributed by atoms with E-state index < -0.39 is 39.6 Å². The molecule has 0 spiro atoms. The third-order valence-corrected chi connectivity index (χ3v) is 7.07. The molecule has 3 aromatic rings. The molecule has 33 heavy (non-hydrogen) atoms. The second-order valence-electron chi connectivity index (χ2n) is 8.69. The third kappa shape index (κ3) is 3.99. The van der Waals surface area contributed by atoms with Crippen molar-refractivity contribution in [1.82, 2.24) is 14.8 Å². The predicted molar refractivity (Wildman–Crippen MR) is 118 cm³/mol. The molecular weight excluding hydrogens is 456 g/mol. The SMILES string of the molecule is Cn1[nH]c2nc(NC(=O)[C@@H]3CC3(F)F)cc(Nc3ccc(C4CC4)cc3S(C)(=O)=O)c2c1=O. The molecule has 0 bridgehead atoms. The summed E-state index contributed by atoms with van der Waals surface area (Å²) in [6.07, 6.45) is 2.58. The number of sulfone groups is 1. The van der Waals surface area contributed by atoms with Gasteiger partial charge in [-0.05, 0) is 36.5 Å². The van der Waals surface area contributed by atoms with Crippen molar-refractivity contribution in [2.24, 2.45) is 13.0 Å². The number of halogens is 2. The van der Waals surface area contributed by atoms with Crippen molar-refractivity contribution in [2.45, 2.75) is 36.0 Å². The Bertz CT molecular complexity index is 1470. The highest BCUT2D eigenvalue weighted by Gasteiger charge is 2.61. The zero-order valence-corrected chi connectivity index (χ0v) is 18.6. The van der Waals surface area contributed by atoms with Crippen molar-refractivity contribution < 1.29 is 22.0 Å². The number of aromatic amines is 1. The number of carbonyl (C=O) groups is 1. The van der Waals surface area contributed by atoms with E-state index >= 15 is 0 Å². The first-order chi connectivity index (χ1) is 15.4. The number of pyridine rings is 1. The lowest BCUT2D eigenvalue weighted by molar-refractivity contribution is -0.119. The van der Waals surface area contributed by atoms with Crippen LogP contribution in [0.2, 0.25) is 0 Å². The van der Waals surface area contributed by atoms with Crippen molar-refractivity contribution >= 4 is 44.0 Å². The Balaban J connectivity index is 1.57. The van der Waals surface area contributed by atoms with E-state index in [2.05, 4.69) is 20.7 Å². The zero-order valence-electron chi connectivity index (χ0n) is 17.8. The van der Waals surface area contributed by atoms with Crippen LogP contribution in [0.3, 0.4) is 0 Å². The van der Waals surface area contributed by atoms with Crippen LogP contribution in [-0.2, 0) is 21.7 Å². The number of amides is 1. The fourth-order valence-corrected chi connectivity index (χ4v) is 4.73. The summed E-state index contributed by atoms with van der Waals surface area (Å²) in [7, 11) is -2.13. The highest BCUT2D eigenvalue weighted by atomic mass is 32.2. The number of rotatable bonds is 6. The Kier molecular flexibility index (Phi) is 4.64. The van der Waals surface area contributed by atoms with Gasteiger partial charge in [0.25, 0.3) is 11.5 Å². The molecule has 0 radical (unpaired) electrons. The molecular formula is C21H21F2N5O4S. The van der Waals surface area contributed by atoms with Gasteiger partial charge >= 0.3 is 0 Å². The minimum absolute atomic E-state index is 0.0462. The predicted octanol–water partition coefficient (Wildman–Crippen LogP) is 2.88. The average Bonchev–Trinajstić information content (AvgIpc) is 3.62. The number of benzene rings is 1. The van der Waals surface area contributed by atoms with Gasteiger partial charge in [0.15, 0.2) is 15.5 Å². The van der Waals surface area contributed by atoms with Crippen LogP contribution in [0.25, 0.3) is 11.0 Å². The van der Waals surface area contributed by atoms with Gasteiger partial charge in [-0.1, -0.05) is 6.07 Å². The minimum atomic E-state index is -3.61. The quantitative estimate of drug-likeness (QED) is 0.501. The summed E-state index contributed by atoms with van der Waals surface area (Å²) in [5, 5.41) is 8.23. The van der Waals surface area contributed by atoms with Crippen LogP contribution in [0.1, 0.15) is 30.7 Å². The van der Waals surface area contributed by atoms with E-state index in [-0.39, 0.29) is 33.1 Å². The van der Waals surface area contributed by atoms with Crippen molar-refractivity contribution in [3.63, 3.8) is 0 Å². The van der Waals surface area contributed by atoms with Gasteiger partial charge in [0.1, 0.15) is 17.1 Å². The number of nitrogens with one attached hydrogen (secondary N) is 3. The first-order valence-electron chi connectivity index (χ1n) is 10.3. The van der Waals surface area contributed by atoms with Gasteiger partial charge < -0.3 is 10.6 Å². The monoisotopic (exact) mass is 477 g/mol. The number of aromatic nitrogens is 3. The molecule has 5 rings (SSSR count). The Labute approximate surface area is 187 Å². The number of hydrogen-bond donors (Lipinski definition) is 3. The first kappa shape index (κ1) is 21.6. The molecule has 0 unspecified atom stereocenters. The van der Waals surface area contributed by atoms with E-state index in [1.54, 1.807) is 12.1 Å². The molecule has 12 heteroatoms. The first-order valence-corrected chi connectivity index (χ1v) is 12.2. The molecule has 174 valence electrons. The smallest absolute Gasteiger partial charge is 0.277 e. The van der Waals surface area contributed by atoms with E-state index in [4.69, 9.17) is 0 Å². The van der Waals surface area contributed by atoms with Gasteiger partial charge in [-0.15, -0.1) is 0 Å². The summed E-state index contributed by atoms with van der Waals surface area (Å²) >= 11 is 0. The molecule has 1 amide bonds. The standard InChI is InChI=1S/C21H21F2N5O4S/c1-28-20(30)17-14(8-16(25-18(17)27-28)26-19(29)12-9-21(12,22)23)24-13-6-5-11(10-3-4-10)7-15(13)33(2,31)32/h5-8,10,12H,3-4,9H2,1-2H3,(H3,24,25,26,27,29)/t12-/m0/s1. The Morgan fingerprint density at radius 1 is 1.24 bits per heavy atom. The number of alkyl halides is 2. The second-order valence-corrected chi connectivity index (χ2v) is 10.7. The van der Waals surface area contributed by atoms with Gasteiger partial charge in [0.2, 0.25) is 5.91 Å². The van der Waals surface area contributed by atoms with E-state index in [0.29, 0.717) is 5.92 Å². The van der Waals surface area contributed by atoms with Gasteiger partial charge in [0.05, 0.1) is 16.3 Å². The lowest BCUT2D eigenvalue weighted by Gasteiger charge is -2.14. The summed E-state index contributed by atoms with van der Waals surface area (Å²) < 4.78 is 52.7. The highest BCUT2D eigenvalue weighted by Crippen LogP contribution is 2.49. The number of fused-ring (bicyclic) bond motifs is 1. The number of H-pyrrole nitrogens is 1. The zero-order chi connectivity index (χ0) is 23.7. The molecule has 9 nitrogen and oxygen atoms in total. The molecule has 2 aromatic heterocycles. The average molecular weight is 477 g/mol. The largest absolute Gasteiger partial charge is 0.354 e. The van der Waals surface area contributed by atoms with Gasteiger partial charge in [-0.2, -0.15) is 0 Å². The van der Waals surface area contributed by atoms with E-state index in [9.17, 15) is 26.8 Å². The topological polar surface area (TPSA) is 126 Å². The molecule has 2 aliphatic rings. The minimum Gasteiger partial charge on any atom is -0.354 e. The normalized spacial score (nSPS) is 19.5. The van der Waals surface area contributed by atoms with Crippen molar-refractivity contribution in [3.05, 3.63) is 40.2 Å². The molecule has 3 N–H and O–H groups in total. The fourth-order valence-electron chi connectivity index (χ4n) is 3.86. The maximum Gasteiger partial charge on any atom is 0.277 e. The number of nitrogens with zero attached hydrogens (tertiary/aromatic N) is 2. The number of aryl methyl sites for hydroxylation is 1. The molecule has 2 aliphatic carbocycles. The lowest BCUT2D eigenvalue weighted by atomic mass is 10.1. The van der Waals surface area contributed by atoms with Gasteiger partial charge in [-0.25, -0.2) is 22.2 Å². The van der Waals surface area contributed by atoms with Gasteiger partial charge in [0, 0.05) is 25.8 Å². The van der Waals surface area contributed by atoms with E-state index in [0.717, 1.165) is 24.7 Å². The molecule has 2 saturated carbocycles. The van der Waals surface area contributed by atoms with Crippen LogP contribution >= 0.6 is 0 Å². The highest BCUT2D eigenvalue weighted by molar-refractivity contribution is 7.90. The van der Waals surface area contributed by atoms with Crippen LogP contribution in [0.4, 0.5) is 26.0 Å². The van der Waals surface area contributed by atoms with Crippen LogP contribution in [0.5, 0.6) is 0 Å². The van der Waals surface area contributed by atoms with Crippen molar-refractivity contribution in [1.29, 1.82) is 0 Å². The van der Waals surface area contributed by atoms with Crippen molar-refractivity contribution in [3.8, 4) is 0 Å². The third-order valence-electron chi connectivity index (χ3n) is 5.93. The van der Waals surface area contributed by atoms with Gasteiger partial charge in [-0.3, -0.25) is 19.4 Å². The summed E-state index contributed by atoms with van der Waals surface area (Å²) in [6, 6.07) is 6.42. The number of hydrogen-bond acceptors (Lipinski definition) is 6. The maximum absolute atomic E-state index is 13.3. The Morgan fingerprint density at radius 3 is 2.55 bits per heavy atom. The molecule has 2 fully saturated rings. The van der Waals surface area contributed by atoms with E-state index in [1.807, 2.05) is 6.07 Å². The van der Waals surface area contributed by atoms with Crippen LogP contribution in [0, 0.1) is 5.92 Å². The molecule has 0 saturated heterocycles. The molecule has 2 heterocycles. The fraction of sp³-hybridized carbons (Fsp3) is 0.381. The second kappa shape index (κ2) is 7.11. The van der Waals surface area contributed by atoms with Crippen LogP contribution < -0.4 is 16.2 Å². The summed E-state index contributed by atoms with van der Waals surface area (Å²) in [6.45, 7) is 0. The summed E-state index contributed by atoms with van der Waals surface area (Å²) in [5.74, 6) is -5.04. The van der Waals surface area contributed by atoms with E-state index in [1.165, 1.54) is 17.8 Å².